The molecule has 0 aliphatic heterocycles. The Bertz CT molecular complexity index is 186. The molecule has 0 aromatic rings. The molecule has 2 atom stereocenters. The van der Waals surface area contributed by atoms with Gasteiger partial charge in [0.15, 0.2) is 0 Å². The number of hydrogen-bond acceptors (Lipinski definition) is 1. The van der Waals surface area contributed by atoms with Gasteiger partial charge in [0.05, 0.1) is 0 Å². The summed E-state index contributed by atoms with van der Waals surface area (Å²) in [6.07, 6.45) is 7.89. The van der Waals surface area contributed by atoms with E-state index in [1.807, 2.05) is 0 Å². The zero-order valence-electron chi connectivity index (χ0n) is 11.1. The highest BCUT2D eigenvalue weighted by Gasteiger charge is 2.37. The van der Waals surface area contributed by atoms with Gasteiger partial charge in [-0.15, -0.1) is 0 Å². The van der Waals surface area contributed by atoms with Crippen LogP contribution in [0.2, 0.25) is 0 Å². The molecule has 1 saturated carbocycles. The van der Waals surface area contributed by atoms with Crippen molar-refractivity contribution in [2.45, 2.75) is 71.8 Å². The molecule has 0 spiro atoms. The molecule has 1 rings (SSSR count). The lowest BCUT2D eigenvalue weighted by Crippen LogP contribution is -2.50. The van der Waals surface area contributed by atoms with Gasteiger partial charge in [-0.2, -0.15) is 0 Å². The SMILES string of the molecule is CC(C)CC1CCCCC1(N)CC(C)C. The molecule has 1 aliphatic carbocycles. The molecular formula is C14H29N. The van der Waals surface area contributed by atoms with E-state index >= 15 is 0 Å². The lowest BCUT2D eigenvalue weighted by atomic mass is 9.67. The minimum Gasteiger partial charge on any atom is -0.325 e. The first kappa shape index (κ1) is 13.0. The van der Waals surface area contributed by atoms with Crippen molar-refractivity contribution in [3.8, 4) is 0 Å². The van der Waals surface area contributed by atoms with Crippen LogP contribution in [0, 0.1) is 17.8 Å². The zero-order valence-corrected chi connectivity index (χ0v) is 11.1. The van der Waals surface area contributed by atoms with Crippen molar-refractivity contribution in [1.29, 1.82) is 0 Å². The maximum absolute atomic E-state index is 6.65. The molecule has 2 unspecified atom stereocenters. The Kier molecular flexibility index (Phi) is 4.64. The van der Waals surface area contributed by atoms with E-state index in [1.165, 1.54) is 38.5 Å². The maximum Gasteiger partial charge on any atom is 0.0185 e. The molecule has 0 aromatic heterocycles. The molecule has 1 nitrogen and oxygen atoms in total. The van der Waals surface area contributed by atoms with Gasteiger partial charge in [-0.3, -0.25) is 0 Å². The zero-order chi connectivity index (χ0) is 11.5. The smallest absolute Gasteiger partial charge is 0.0185 e. The van der Waals surface area contributed by atoms with E-state index in [0.29, 0.717) is 0 Å². The first-order valence-corrected chi connectivity index (χ1v) is 6.73. The van der Waals surface area contributed by atoms with E-state index < -0.39 is 0 Å². The molecule has 1 fully saturated rings. The van der Waals surface area contributed by atoms with Crippen LogP contribution < -0.4 is 5.73 Å². The fourth-order valence-electron chi connectivity index (χ4n) is 3.29. The highest BCUT2D eigenvalue weighted by Crippen LogP contribution is 2.39. The van der Waals surface area contributed by atoms with Crippen molar-refractivity contribution in [2.75, 3.05) is 0 Å². The summed E-state index contributed by atoms with van der Waals surface area (Å²) in [6, 6.07) is 0. The van der Waals surface area contributed by atoms with Crippen LogP contribution in [0.1, 0.15) is 66.2 Å². The van der Waals surface area contributed by atoms with E-state index in [0.717, 1.165) is 17.8 Å². The quantitative estimate of drug-likeness (QED) is 0.748. The lowest BCUT2D eigenvalue weighted by molar-refractivity contribution is 0.137. The molecule has 0 heterocycles. The highest BCUT2D eigenvalue weighted by molar-refractivity contribution is 4.95. The fourth-order valence-corrected chi connectivity index (χ4v) is 3.29. The maximum atomic E-state index is 6.65. The first-order chi connectivity index (χ1) is 6.94. The van der Waals surface area contributed by atoms with Gasteiger partial charge in [-0.05, 0) is 43.4 Å². The summed E-state index contributed by atoms with van der Waals surface area (Å²) >= 11 is 0. The third-order valence-corrected chi connectivity index (χ3v) is 3.80. The van der Waals surface area contributed by atoms with Crippen LogP contribution in [0.4, 0.5) is 0 Å². The molecular weight excluding hydrogens is 182 g/mol. The molecule has 0 amide bonds. The second-order valence-corrected chi connectivity index (χ2v) is 6.40. The van der Waals surface area contributed by atoms with Crippen molar-refractivity contribution in [2.24, 2.45) is 23.5 Å². The molecule has 0 saturated heterocycles. The molecule has 0 bridgehead atoms. The van der Waals surface area contributed by atoms with Gasteiger partial charge in [0.2, 0.25) is 0 Å². The fraction of sp³-hybridized carbons (Fsp3) is 1.00. The van der Waals surface area contributed by atoms with Crippen molar-refractivity contribution in [1.82, 2.24) is 0 Å². The van der Waals surface area contributed by atoms with Crippen molar-refractivity contribution >= 4 is 0 Å². The van der Waals surface area contributed by atoms with Crippen LogP contribution in [0.3, 0.4) is 0 Å². The molecule has 90 valence electrons. The molecule has 0 radical (unpaired) electrons. The third kappa shape index (κ3) is 3.79. The van der Waals surface area contributed by atoms with Crippen LogP contribution in [-0.2, 0) is 0 Å². The van der Waals surface area contributed by atoms with E-state index in [-0.39, 0.29) is 5.54 Å². The average molecular weight is 211 g/mol. The third-order valence-electron chi connectivity index (χ3n) is 3.80. The van der Waals surface area contributed by atoms with E-state index in [9.17, 15) is 0 Å². The Labute approximate surface area is 95.8 Å². The summed E-state index contributed by atoms with van der Waals surface area (Å²) < 4.78 is 0. The van der Waals surface area contributed by atoms with Gasteiger partial charge in [0, 0.05) is 5.54 Å². The summed E-state index contributed by atoms with van der Waals surface area (Å²) in [7, 11) is 0. The summed E-state index contributed by atoms with van der Waals surface area (Å²) in [4.78, 5) is 0. The van der Waals surface area contributed by atoms with Crippen LogP contribution in [0.15, 0.2) is 0 Å². The minimum absolute atomic E-state index is 0.149. The van der Waals surface area contributed by atoms with Crippen LogP contribution >= 0.6 is 0 Å². The van der Waals surface area contributed by atoms with Gasteiger partial charge in [-0.25, -0.2) is 0 Å². The summed E-state index contributed by atoms with van der Waals surface area (Å²) in [5.74, 6) is 2.31. The van der Waals surface area contributed by atoms with Gasteiger partial charge in [0.1, 0.15) is 0 Å². The van der Waals surface area contributed by atoms with Crippen LogP contribution in [0.5, 0.6) is 0 Å². The molecule has 0 aromatic carbocycles. The topological polar surface area (TPSA) is 26.0 Å². The largest absolute Gasteiger partial charge is 0.325 e. The summed E-state index contributed by atoms with van der Waals surface area (Å²) in [6.45, 7) is 9.25. The van der Waals surface area contributed by atoms with Gasteiger partial charge in [0.25, 0.3) is 0 Å². The first-order valence-electron chi connectivity index (χ1n) is 6.73. The van der Waals surface area contributed by atoms with Crippen molar-refractivity contribution < 1.29 is 0 Å². The molecule has 15 heavy (non-hydrogen) atoms. The molecule has 1 heteroatoms. The Morgan fingerprint density at radius 3 is 2.33 bits per heavy atom. The van der Waals surface area contributed by atoms with Crippen LogP contribution in [-0.4, -0.2) is 5.54 Å². The molecule has 1 aliphatic rings. The Balaban J connectivity index is 2.62. The van der Waals surface area contributed by atoms with Gasteiger partial charge < -0.3 is 5.73 Å². The normalized spacial score (nSPS) is 32.6. The highest BCUT2D eigenvalue weighted by atomic mass is 14.8. The Morgan fingerprint density at radius 1 is 1.13 bits per heavy atom. The number of nitrogens with two attached hydrogens (primary N) is 1. The van der Waals surface area contributed by atoms with Crippen LogP contribution in [0.25, 0.3) is 0 Å². The van der Waals surface area contributed by atoms with E-state index in [4.69, 9.17) is 5.73 Å². The average Bonchev–Trinajstić information content (AvgIpc) is 2.07. The monoisotopic (exact) mass is 211 g/mol. The molecule has 2 N–H and O–H groups in total. The number of rotatable bonds is 4. The Hall–Kier alpha value is -0.0400. The van der Waals surface area contributed by atoms with Gasteiger partial charge in [-0.1, -0.05) is 40.5 Å². The second-order valence-electron chi connectivity index (χ2n) is 6.40. The predicted molar refractivity (Wildman–Crippen MR) is 67.8 cm³/mol. The summed E-state index contributed by atoms with van der Waals surface area (Å²) in [5.41, 5.74) is 6.80. The minimum atomic E-state index is 0.149. The Morgan fingerprint density at radius 2 is 1.80 bits per heavy atom. The van der Waals surface area contributed by atoms with Crippen molar-refractivity contribution in [3.05, 3.63) is 0 Å². The standard InChI is InChI=1S/C14H29N/c1-11(2)9-13-7-5-6-8-14(13,15)10-12(3)4/h11-13H,5-10,15H2,1-4H3. The summed E-state index contributed by atoms with van der Waals surface area (Å²) in [5, 5.41) is 0. The lowest BCUT2D eigenvalue weighted by Gasteiger charge is -2.43. The van der Waals surface area contributed by atoms with Crippen molar-refractivity contribution in [3.63, 3.8) is 0 Å². The number of hydrogen-bond donors (Lipinski definition) is 1. The van der Waals surface area contributed by atoms with E-state index in [2.05, 4.69) is 27.7 Å². The van der Waals surface area contributed by atoms with Gasteiger partial charge >= 0.3 is 0 Å². The predicted octanol–water partition coefficient (Wildman–Crippen LogP) is 3.97. The van der Waals surface area contributed by atoms with E-state index in [1.54, 1.807) is 0 Å². The second kappa shape index (κ2) is 5.34.